The van der Waals surface area contributed by atoms with E-state index in [1.807, 2.05) is 0 Å². The zero-order valence-corrected chi connectivity index (χ0v) is 11.8. The highest BCUT2D eigenvalue weighted by Gasteiger charge is 2.25. The van der Waals surface area contributed by atoms with E-state index < -0.39 is 11.7 Å². The normalized spacial score (nSPS) is 16.0. The fourth-order valence-electron chi connectivity index (χ4n) is 1.71. The van der Waals surface area contributed by atoms with Gasteiger partial charge in [-0.25, -0.2) is 10.6 Å². The lowest BCUT2D eigenvalue weighted by molar-refractivity contribution is -0.132. The van der Waals surface area contributed by atoms with E-state index in [-0.39, 0.29) is 18.0 Å². The molecule has 0 spiro atoms. The average molecular weight is 294 g/mol. The number of hydrazine groups is 1. The van der Waals surface area contributed by atoms with Crippen molar-refractivity contribution in [3.05, 3.63) is 35.7 Å². The Morgan fingerprint density at radius 3 is 2.52 bits per heavy atom. The summed E-state index contributed by atoms with van der Waals surface area (Å²) in [5.74, 6) is 4.15. The lowest BCUT2D eigenvalue weighted by Gasteiger charge is -2.21. The van der Waals surface area contributed by atoms with Crippen LogP contribution in [0.3, 0.4) is 0 Å². The maximum atomic E-state index is 11.7. The number of nitrogens with two attached hydrogens (primary N) is 2. The number of methoxy groups -OCH3 is 1. The number of hydrogen-bond acceptors (Lipinski definition) is 6. The number of carbonyl (C=O) groups is 2. The van der Waals surface area contributed by atoms with Crippen LogP contribution in [0, 0.1) is 0 Å². The Kier molecular flexibility index (Phi) is 5.70. The first kappa shape index (κ1) is 16.5. The summed E-state index contributed by atoms with van der Waals surface area (Å²) in [5.41, 5.74) is 6.07. The van der Waals surface area contributed by atoms with Crippen LogP contribution in [0.15, 0.2) is 35.7 Å². The van der Waals surface area contributed by atoms with Gasteiger partial charge in [-0.15, -0.1) is 0 Å². The van der Waals surface area contributed by atoms with Crippen molar-refractivity contribution in [2.45, 2.75) is 6.42 Å². The topological polar surface area (TPSA) is 131 Å². The summed E-state index contributed by atoms with van der Waals surface area (Å²) in [6.07, 6.45) is -0.191. The monoisotopic (exact) mass is 294 g/mol. The number of aliphatic carboxylic acids is 1. The maximum Gasteiger partial charge on any atom is 0.353 e. The van der Waals surface area contributed by atoms with Crippen LogP contribution < -0.4 is 21.9 Å². The molecule has 1 aromatic rings. The molecule has 1 aromatic carbocycles. The molecule has 114 valence electrons. The Morgan fingerprint density at radius 2 is 1.95 bits per heavy atom. The first-order chi connectivity index (χ1) is 9.92. The molecule has 0 atom stereocenters. The number of nitrogens with zero attached hydrogens (tertiary/aromatic N) is 1. The van der Waals surface area contributed by atoms with Crippen LogP contribution in [0.1, 0.15) is 6.42 Å². The molecular weight excluding hydrogens is 276 g/mol. The molecule has 8 heteroatoms. The van der Waals surface area contributed by atoms with Gasteiger partial charge >= 0.3 is 5.97 Å². The number of para-hydroxylation sites is 2. The molecule has 8 nitrogen and oxygen atoms in total. The number of amides is 1. The number of carbonyl (C=O) groups excluding carboxylic acids is 1. The lowest BCUT2D eigenvalue weighted by Crippen LogP contribution is -2.34. The fraction of sp³-hybridized carbons (Fsp3) is 0.231. The van der Waals surface area contributed by atoms with E-state index in [1.54, 1.807) is 38.5 Å². The average Bonchev–Trinajstić information content (AvgIpc) is 2.56. The molecule has 0 radical (unpaired) electrons. The summed E-state index contributed by atoms with van der Waals surface area (Å²) in [4.78, 5) is 22.5. The van der Waals surface area contributed by atoms with Gasteiger partial charge < -0.3 is 20.9 Å². The van der Waals surface area contributed by atoms with E-state index in [1.165, 1.54) is 0 Å². The molecule has 21 heavy (non-hydrogen) atoms. The minimum absolute atomic E-state index is 0.0601. The van der Waals surface area contributed by atoms with E-state index in [0.717, 1.165) is 5.01 Å². The molecule has 0 bridgehead atoms. The fourth-order valence-corrected chi connectivity index (χ4v) is 1.71. The Bertz CT molecular complexity index is 571. The van der Waals surface area contributed by atoms with Gasteiger partial charge in [0.15, 0.2) is 0 Å². The van der Waals surface area contributed by atoms with Gasteiger partial charge in [0.1, 0.15) is 5.70 Å². The van der Waals surface area contributed by atoms with Gasteiger partial charge in [0.25, 0.3) is 0 Å². The Labute approximate surface area is 121 Å². The van der Waals surface area contributed by atoms with Crippen molar-refractivity contribution in [2.24, 2.45) is 11.6 Å². The SMILES string of the molecule is COC.N/C(C(=O)O)=C1/CC(=O)Nc2ccccc2N1N. The Morgan fingerprint density at radius 1 is 1.38 bits per heavy atom. The zero-order valence-electron chi connectivity index (χ0n) is 11.8. The molecule has 6 N–H and O–H groups in total. The number of benzene rings is 1. The summed E-state index contributed by atoms with van der Waals surface area (Å²) in [6, 6.07) is 6.80. The molecular formula is C13H18N4O4. The number of anilines is 2. The van der Waals surface area contributed by atoms with E-state index >= 15 is 0 Å². The summed E-state index contributed by atoms with van der Waals surface area (Å²) in [7, 11) is 3.25. The van der Waals surface area contributed by atoms with Crippen LogP contribution in [-0.4, -0.2) is 31.2 Å². The number of rotatable bonds is 1. The summed E-state index contributed by atoms with van der Waals surface area (Å²) >= 11 is 0. The highest BCUT2D eigenvalue weighted by molar-refractivity contribution is 6.00. The van der Waals surface area contributed by atoms with E-state index in [0.29, 0.717) is 11.4 Å². The van der Waals surface area contributed by atoms with Crippen molar-refractivity contribution in [1.82, 2.24) is 0 Å². The van der Waals surface area contributed by atoms with Gasteiger partial charge in [-0.1, -0.05) is 12.1 Å². The van der Waals surface area contributed by atoms with Crippen LogP contribution in [0.25, 0.3) is 0 Å². The molecule has 1 aliphatic heterocycles. The van der Waals surface area contributed by atoms with Gasteiger partial charge in [-0.05, 0) is 12.1 Å². The molecule has 1 aliphatic rings. The molecule has 0 aliphatic carbocycles. The van der Waals surface area contributed by atoms with Crippen LogP contribution >= 0.6 is 0 Å². The second-order valence-corrected chi connectivity index (χ2v) is 4.19. The third-order valence-corrected chi connectivity index (χ3v) is 2.60. The van der Waals surface area contributed by atoms with Crippen LogP contribution in [0.4, 0.5) is 11.4 Å². The van der Waals surface area contributed by atoms with Gasteiger partial charge in [0, 0.05) is 14.2 Å². The molecule has 0 aromatic heterocycles. The standard InChI is InChI=1S/C11H12N4O3.C2H6O/c12-10(11(17)18)8-5-9(16)14-6-3-1-2-4-7(6)15(8)13;1-3-2/h1-4H,5,12-13H2,(H,14,16)(H,17,18);1-2H3/b10-8-;. The minimum Gasteiger partial charge on any atom is -0.477 e. The second kappa shape index (κ2) is 7.27. The van der Waals surface area contributed by atoms with E-state index in [4.69, 9.17) is 16.7 Å². The van der Waals surface area contributed by atoms with Crippen LogP contribution in [0.5, 0.6) is 0 Å². The maximum absolute atomic E-state index is 11.7. The number of ether oxygens (including phenoxy) is 1. The van der Waals surface area contributed by atoms with Crippen molar-refractivity contribution in [3.8, 4) is 0 Å². The van der Waals surface area contributed by atoms with E-state index in [2.05, 4.69) is 10.1 Å². The first-order valence-electron chi connectivity index (χ1n) is 5.98. The number of nitrogens with one attached hydrogen (secondary N) is 1. The van der Waals surface area contributed by atoms with Gasteiger partial charge in [-0.2, -0.15) is 0 Å². The zero-order chi connectivity index (χ0) is 16.0. The van der Waals surface area contributed by atoms with E-state index in [9.17, 15) is 9.59 Å². The highest BCUT2D eigenvalue weighted by Crippen LogP contribution is 2.30. The lowest BCUT2D eigenvalue weighted by atomic mass is 10.2. The van der Waals surface area contributed by atoms with Gasteiger partial charge in [0.05, 0.1) is 23.5 Å². The minimum atomic E-state index is -1.31. The second-order valence-electron chi connectivity index (χ2n) is 4.19. The molecule has 0 saturated heterocycles. The third kappa shape index (κ3) is 3.94. The van der Waals surface area contributed by atoms with Crippen molar-refractivity contribution < 1.29 is 19.4 Å². The Hall–Kier alpha value is -2.58. The predicted octanol–water partition coefficient (Wildman–Crippen LogP) is 0.226. The third-order valence-electron chi connectivity index (χ3n) is 2.60. The van der Waals surface area contributed by atoms with Crippen molar-refractivity contribution in [1.29, 1.82) is 0 Å². The molecule has 1 amide bonds. The molecule has 0 saturated carbocycles. The molecule has 2 rings (SSSR count). The van der Waals surface area contributed by atoms with Crippen LogP contribution in [-0.2, 0) is 14.3 Å². The number of carboxylic acid groups (broad SMARTS) is 1. The molecule has 0 fully saturated rings. The van der Waals surface area contributed by atoms with Gasteiger partial charge in [-0.3, -0.25) is 9.80 Å². The number of carboxylic acids is 1. The summed E-state index contributed by atoms with van der Waals surface area (Å²) in [5, 5.41) is 12.6. The van der Waals surface area contributed by atoms with Crippen LogP contribution in [0.2, 0.25) is 0 Å². The van der Waals surface area contributed by atoms with Gasteiger partial charge in [0.2, 0.25) is 5.91 Å². The summed E-state index contributed by atoms with van der Waals surface area (Å²) in [6.45, 7) is 0. The molecule has 0 unspecified atom stereocenters. The quantitative estimate of drug-likeness (QED) is 0.430. The smallest absolute Gasteiger partial charge is 0.353 e. The predicted molar refractivity (Wildman–Crippen MR) is 78.1 cm³/mol. The van der Waals surface area contributed by atoms with Crippen molar-refractivity contribution >= 4 is 23.3 Å². The first-order valence-corrected chi connectivity index (χ1v) is 5.98. The largest absolute Gasteiger partial charge is 0.477 e. The molecule has 1 heterocycles. The Balaban J connectivity index is 0.000000677. The number of fused-ring (bicyclic) bond motifs is 1. The van der Waals surface area contributed by atoms with Crippen molar-refractivity contribution in [3.63, 3.8) is 0 Å². The van der Waals surface area contributed by atoms with Crippen molar-refractivity contribution in [2.75, 3.05) is 24.5 Å². The number of hydrogen-bond donors (Lipinski definition) is 4. The highest BCUT2D eigenvalue weighted by atomic mass is 16.4. The summed E-state index contributed by atoms with van der Waals surface area (Å²) < 4.78 is 4.25.